The molecule has 0 spiro atoms. The second-order valence-electron chi connectivity index (χ2n) is 6.94. The molecular formula is C22H20ClNO3S. The van der Waals surface area contributed by atoms with Crippen molar-refractivity contribution in [3.63, 3.8) is 0 Å². The molecule has 2 aromatic carbocycles. The second kappa shape index (κ2) is 7.94. The van der Waals surface area contributed by atoms with Gasteiger partial charge in [0.15, 0.2) is 6.10 Å². The van der Waals surface area contributed by atoms with Gasteiger partial charge in [0.1, 0.15) is 4.88 Å². The first-order valence-corrected chi connectivity index (χ1v) is 10.5. The van der Waals surface area contributed by atoms with E-state index in [4.69, 9.17) is 16.3 Å². The number of nitrogens with one attached hydrogen (secondary N) is 1. The molecule has 1 aromatic heterocycles. The highest BCUT2D eigenvalue weighted by molar-refractivity contribution is 7.21. The fourth-order valence-electron chi connectivity index (χ4n) is 3.61. The summed E-state index contributed by atoms with van der Waals surface area (Å²) in [7, 11) is 0. The third-order valence-electron chi connectivity index (χ3n) is 5.06. The number of rotatable bonds is 4. The highest BCUT2D eigenvalue weighted by atomic mass is 35.5. The maximum Gasteiger partial charge on any atom is 0.350 e. The molecule has 0 saturated heterocycles. The quantitative estimate of drug-likeness (QED) is 0.591. The Labute approximate surface area is 172 Å². The zero-order chi connectivity index (χ0) is 19.7. The normalized spacial score (nSPS) is 17.0. The molecule has 1 aliphatic carbocycles. The van der Waals surface area contributed by atoms with Gasteiger partial charge in [0.25, 0.3) is 5.91 Å². The molecule has 0 radical (unpaired) electrons. The Morgan fingerprint density at radius 1 is 1.18 bits per heavy atom. The molecular weight excluding hydrogens is 394 g/mol. The number of amides is 1. The fourth-order valence-corrected chi connectivity index (χ4v) is 5.00. The number of carbonyl (C=O) groups is 2. The lowest BCUT2D eigenvalue weighted by molar-refractivity contribution is -0.130. The average Bonchev–Trinajstić information content (AvgIpc) is 3.05. The Bertz CT molecular complexity index is 1050. The number of hydrogen-bond acceptors (Lipinski definition) is 4. The van der Waals surface area contributed by atoms with E-state index in [0.29, 0.717) is 9.90 Å². The Kier molecular flexibility index (Phi) is 5.38. The lowest BCUT2D eigenvalue weighted by atomic mass is 9.87. The van der Waals surface area contributed by atoms with Gasteiger partial charge in [0.2, 0.25) is 0 Å². The first-order chi connectivity index (χ1) is 13.5. The van der Waals surface area contributed by atoms with E-state index >= 15 is 0 Å². The second-order valence-corrected chi connectivity index (χ2v) is 8.37. The third kappa shape index (κ3) is 3.64. The highest BCUT2D eigenvalue weighted by Gasteiger charge is 2.27. The number of hydrogen-bond donors (Lipinski definition) is 1. The number of fused-ring (bicyclic) bond motifs is 2. The monoisotopic (exact) mass is 413 g/mol. The van der Waals surface area contributed by atoms with E-state index in [2.05, 4.69) is 11.4 Å². The lowest BCUT2D eigenvalue weighted by Gasteiger charge is -2.27. The lowest BCUT2D eigenvalue weighted by Crippen LogP contribution is -2.39. The highest BCUT2D eigenvalue weighted by Crippen LogP contribution is 2.36. The molecule has 0 fully saturated rings. The standard InChI is InChI=1S/C22H20ClNO3S/c1-13(21(25)24-17-11-6-8-14-7-2-3-9-15(14)17)27-22(26)20-19(23)16-10-4-5-12-18(16)28-20/h2-5,7,9-10,12-13,17H,6,8,11H2,1H3,(H,24,25)/t13-,17-/m1/s1. The maximum absolute atomic E-state index is 12.6. The molecule has 1 heterocycles. The molecule has 2 atom stereocenters. The fraction of sp³-hybridized carbons (Fsp3) is 0.273. The molecule has 6 heteroatoms. The van der Waals surface area contributed by atoms with E-state index in [1.807, 2.05) is 42.5 Å². The van der Waals surface area contributed by atoms with E-state index in [9.17, 15) is 9.59 Å². The molecule has 28 heavy (non-hydrogen) atoms. The van der Waals surface area contributed by atoms with Gasteiger partial charge in [-0.3, -0.25) is 4.79 Å². The zero-order valence-corrected chi connectivity index (χ0v) is 17.0. The average molecular weight is 414 g/mol. The Morgan fingerprint density at radius 2 is 1.93 bits per heavy atom. The summed E-state index contributed by atoms with van der Waals surface area (Å²) in [6.07, 6.45) is 2.03. The summed E-state index contributed by atoms with van der Waals surface area (Å²) in [6.45, 7) is 1.59. The molecule has 0 saturated carbocycles. The van der Waals surface area contributed by atoms with Crippen LogP contribution in [0.2, 0.25) is 5.02 Å². The van der Waals surface area contributed by atoms with Gasteiger partial charge in [0.05, 0.1) is 11.1 Å². The maximum atomic E-state index is 12.6. The minimum Gasteiger partial charge on any atom is -0.448 e. The van der Waals surface area contributed by atoms with Crippen LogP contribution in [0.25, 0.3) is 10.1 Å². The number of carbonyl (C=O) groups excluding carboxylic acids is 2. The van der Waals surface area contributed by atoms with Crippen LogP contribution in [0.5, 0.6) is 0 Å². The summed E-state index contributed by atoms with van der Waals surface area (Å²) >= 11 is 7.61. The number of benzene rings is 2. The van der Waals surface area contributed by atoms with Crippen molar-refractivity contribution in [2.45, 2.75) is 38.3 Å². The van der Waals surface area contributed by atoms with Gasteiger partial charge in [-0.1, -0.05) is 54.1 Å². The SMILES string of the molecule is C[C@@H](OC(=O)c1sc2ccccc2c1Cl)C(=O)N[C@@H]1CCCc2ccccc21. The van der Waals surface area contributed by atoms with Crippen molar-refractivity contribution in [1.29, 1.82) is 0 Å². The van der Waals surface area contributed by atoms with Gasteiger partial charge in [-0.25, -0.2) is 4.79 Å². The summed E-state index contributed by atoms with van der Waals surface area (Å²) in [5.74, 6) is -0.870. The number of esters is 1. The number of aryl methyl sites for hydroxylation is 1. The van der Waals surface area contributed by atoms with E-state index in [-0.39, 0.29) is 11.9 Å². The van der Waals surface area contributed by atoms with Crippen molar-refractivity contribution in [3.8, 4) is 0 Å². The predicted octanol–water partition coefficient (Wildman–Crippen LogP) is 5.29. The van der Waals surface area contributed by atoms with Gasteiger partial charge >= 0.3 is 5.97 Å². The van der Waals surface area contributed by atoms with Crippen LogP contribution in [0, 0.1) is 0 Å². The van der Waals surface area contributed by atoms with Crippen molar-refractivity contribution >= 4 is 44.9 Å². The largest absolute Gasteiger partial charge is 0.448 e. The van der Waals surface area contributed by atoms with Gasteiger partial charge in [-0.2, -0.15) is 0 Å². The summed E-state index contributed by atoms with van der Waals surface area (Å²) in [6, 6.07) is 15.6. The molecule has 0 bridgehead atoms. The molecule has 0 aliphatic heterocycles. The van der Waals surface area contributed by atoms with Gasteiger partial charge < -0.3 is 10.1 Å². The van der Waals surface area contributed by atoms with Crippen LogP contribution in [0.15, 0.2) is 48.5 Å². The first kappa shape index (κ1) is 19.0. The van der Waals surface area contributed by atoms with Crippen LogP contribution in [-0.2, 0) is 16.0 Å². The molecule has 3 aromatic rings. The summed E-state index contributed by atoms with van der Waals surface area (Å²) in [5, 5.41) is 4.22. The van der Waals surface area contributed by atoms with Gasteiger partial charge in [-0.15, -0.1) is 11.3 Å². The third-order valence-corrected chi connectivity index (χ3v) is 6.71. The topological polar surface area (TPSA) is 55.4 Å². The van der Waals surface area contributed by atoms with Crippen LogP contribution in [-0.4, -0.2) is 18.0 Å². The molecule has 1 aliphatic rings. The van der Waals surface area contributed by atoms with E-state index < -0.39 is 12.1 Å². The van der Waals surface area contributed by atoms with Crippen molar-refractivity contribution in [3.05, 3.63) is 69.6 Å². The van der Waals surface area contributed by atoms with Crippen LogP contribution in [0.1, 0.15) is 46.6 Å². The predicted molar refractivity (Wildman–Crippen MR) is 112 cm³/mol. The zero-order valence-electron chi connectivity index (χ0n) is 15.4. The van der Waals surface area contributed by atoms with Crippen LogP contribution < -0.4 is 5.32 Å². The number of halogens is 1. The Balaban J connectivity index is 1.45. The summed E-state index contributed by atoms with van der Waals surface area (Å²) in [4.78, 5) is 25.5. The van der Waals surface area contributed by atoms with Crippen molar-refractivity contribution < 1.29 is 14.3 Å². The van der Waals surface area contributed by atoms with E-state index in [1.54, 1.807) is 6.92 Å². The minimum absolute atomic E-state index is 0.0495. The first-order valence-electron chi connectivity index (χ1n) is 9.31. The van der Waals surface area contributed by atoms with Gasteiger partial charge in [-0.05, 0) is 43.4 Å². The molecule has 4 rings (SSSR count). The van der Waals surface area contributed by atoms with E-state index in [1.165, 1.54) is 16.9 Å². The van der Waals surface area contributed by atoms with Crippen LogP contribution >= 0.6 is 22.9 Å². The summed E-state index contributed by atoms with van der Waals surface area (Å²) < 4.78 is 6.33. The van der Waals surface area contributed by atoms with E-state index in [0.717, 1.165) is 34.9 Å². The molecule has 4 nitrogen and oxygen atoms in total. The summed E-state index contributed by atoms with van der Waals surface area (Å²) in [5.41, 5.74) is 2.41. The smallest absolute Gasteiger partial charge is 0.350 e. The Hall–Kier alpha value is -2.37. The minimum atomic E-state index is -0.900. The molecule has 144 valence electrons. The van der Waals surface area contributed by atoms with Crippen molar-refractivity contribution in [1.82, 2.24) is 5.32 Å². The number of thiophene rings is 1. The molecule has 0 unspecified atom stereocenters. The van der Waals surface area contributed by atoms with Gasteiger partial charge in [0, 0.05) is 10.1 Å². The van der Waals surface area contributed by atoms with Crippen molar-refractivity contribution in [2.75, 3.05) is 0 Å². The van der Waals surface area contributed by atoms with Crippen LogP contribution in [0.4, 0.5) is 0 Å². The molecule has 1 N–H and O–H groups in total. The number of ether oxygens (including phenoxy) is 1. The van der Waals surface area contributed by atoms with Crippen LogP contribution in [0.3, 0.4) is 0 Å². The molecule has 1 amide bonds. The van der Waals surface area contributed by atoms with Crippen molar-refractivity contribution in [2.24, 2.45) is 0 Å². The Morgan fingerprint density at radius 3 is 2.75 bits per heavy atom.